The van der Waals surface area contributed by atoms with Gasteiger partial charge in [0.15, 0.2) is 0 Å². The summed E-state index contributed by atoms with van der Waals surface area (Å²) in [5, 5.41) is 0. The van der Waals surface area contributed by atoms with E-state index in [1.807, 2.05) is 12.1 Å². The molecule has 0 spiro atoms. The molecule has 0 saturated carbocycles. The van der Waals surface area contributed by atoms with Crippen LogP contribution in [0.4, 0.5) is 5.69 Å². The molecular formula is C14H17NO. The Labute approximate surface area is 96.6 Å². The third kappa shape index (κ3) is 2.72. The van der Waals surface area contributed by atoms with E-state index in [4.69, 9.17) is 0 Å². The summed E-state index contributed by atoms with van der Waals surface area (Å²) in [5.74, 6) is 0. The van der Waals surface area contributed by atoms with Crippen molar-refractivity contribution in [2.45, 2.75) is 19.3 Å². The smallest absolute Gasteiger partial charge is 0.142 e. The van der Waals surface area contributed by atoms with Gasteiger partial charge in [-0.25, -0.2) is 0 Å². The summed E-state index contributed by atoms with van der Waals surface area (Å²) in [6, 6.07) is 8.36. The number of rotatable bonds is 3. The Morgan fingerprint density at radius 3 is 2.69 bits per heavy atom. The number of carbonyl (C=O) groups excluding carboxylic acids is 1. The van der Waals surface area contributed by atoms with E-state index in [0.717, 1.165) is 24.9 Å². The predicted molar refractivity (Wildman–Crippen MR) is 67.6 cm³/mol. The average Bonchev–Trinajstić information content (AvgIpc) is 2.38. The number of benzene rings is 1. The van der Waals surface area contributed by atoms with E-state index < -0.39 is 0 Å². The van der Waals surface area contributed by atoms with Gasteiger partial charge in [-0.15, -0.1) is 0 Å². The fourth-order valence-corrected chi connectivity index (χ4v) is 2.13. The lowest BCUT2D eigenvalue weighted by Crippen LogP contribution is -2.29. The van der Waals surface area contributed by atoms with Crippen molar-refractivity contribution in [2.75, 3.05) is 18.0 Å². The Kier molecular flexibility index (Phi) is 3.76. The molecule has 1 aromatic carbocycles. The third-order valence-electron chi connectivity index (χ3n) is 2.96. The van der Waals surface area contributed by atoms with E-state index in [2.05, 4.69) is 23.1 Å². The first-order valence-corrected chi connectivity index (χ1v) is 5.87. The highest BCUT2D eigenvalue weighted by molar-refractivity contribution is 5.74. The summed E-state index contributed by atoms with van der Waals surface area (Å²) < 4.78 is 0. The molecule has 1 fully saturated rings. The molecule has 16 heavy (non-hydrogen) atoms. The number of aldehydes is 1. The van der Waals surface area contributed by atoms with E-state index in [1.165, 1.54) is 31.0 Å². The Balaban J connectivity index is 2.14. The van der Waals surface area contributed by atoms with Gasteiger partial charge in [-0.05, 0) is 43.0 Å². The maximum atomic E-state index is 10.3. The molecule has 0 unspecified atom stereocenters. The molecule has 84 valence electrons. The van der Waals surface area contributed by atoms with Gasteiger partial charge in [0.1, 0.15) is 6.29 Å². The van der Waals surface area contributed by atoms with Crippen LogP contribution in [0.15, 0.2) is 30.3 Å². The van der Waals surface area contributed by atoms with Crippen LogP contribution < -0.4 is 4.90 Å². The second-order valence-electron chi connectivity index (χ2n) is 4.14. The lowest BCUT2D eigenvalue weighted by molar-refractivity contribution is -0.104. The summed E-state index contributed by atoms with van der Waals surface area (Å²) in [5.41, 5.74) is 2.36. The standard InChI is InChI=1S/C14H17NO/c16-11-5-7-13-6-4-8-14(12-13)15-9-2-1-3-10-15/h4-8,11-12H,1-3,9-10H2. The summed E-state index contributed by atoms with van der Waals surface area (Å²) in [4.78, 5) is 12.7. The summed E-state index contributed by atoms with van der Waals surface area (Å²) >= 11 is 0. The van der Waals surface area contributed by atoms with Crippen LogP contribution in [-0.2, 0) is 4.79 Å². The Bertz CT molecular complexity index is 378. The molecule has 1 aliphatic heterocycles. The molecule has 0 aromatic heterocycles. The molecule has 2 heteroatoms. The average molecular weight is 215 g/mol. The molecule has 0 radical (unpaired) electrons. The highest BCUT2D eigenvalue weighted by atomic mass is 16.1. The molecule has 1 aliphatic rings. The van der Waals surface area contributed by atoms with Crippen LogP contribution in [0.25, 0.3) is 6.08 Å². The van der Waals surface area contributed by atoms with Crippen molar-refractivity contribution in [3.8, 4) is 0 Å². The zero-order valence-electron chi connectivity index (χ0n) is 9.43. The fraction of sp³-hybridized carbons (Fsp3) is 0.357. The maximum absolute atomic E-state index is 10.3. The van der Waals surface area contributed by atoms with Crippen LogP contribution >= 0.6 is 0 Å². The Morgan fingerprint density at radius 1 is 1.12 bits per heavy atom. The van der Waals surface area contributed by atoms with E-state index in [0.29, 0.717) is 0 Å². The van der Waals surface area contributed by atoms with Crippen LogP contribution in [0.5, 0.6) is 0 Å². The number of allylic oxidation sites excluding steroid dienone is 1. The highest BCUT2D eigenvalue weighted by Crippen LogP contribution is 2.21. The van der Waals surface area contributed by atoms with Crippen molar-refractivity contribution in [3.63, 3.8) is 0 Å². The number of piperidine rings is 1. The van der Waals surface area contributed by atoms with Gasteiger partial charge in [-0.3, -0.25) is 4.79 Å². The number of nitrogens with zero attached hydrogens (tertiary/aromatic N) is 1. The van der Waals surface area contributed by atoms with Crippen molar-refractivity contribution in [2.24, 2.45) is 0 Å². The summed E-state index contributed by atoms with van der Waals surface area (Å²) in [7, 11) is 0. The molecule has 0 atom stereocenters. The quantitative estimate of drug-likeness (QED) is 0.571. The van der Waals surface area contributed by atoms with E-state index in [9.17, 15) is 4.79 Å². The zero-order chi connectivity index (χ0) is 11.2. The second-order valence-corrected chi connectivity index (χ2v) is 4.14. The van der Waals surface area contributed by atoms with Gasteiger partial charge >= 0.3 is 0 Å². The van der Waals surface area contributed by atoms with Crippen molar-refractivity contribution in [1.29, 1.82) is 0 Å². The van der Waals surface area contributed by atoms with Gasteiger partial charge in [0.2, 0.25) is 0 Å². The Morgan fingerprint density at radius 2 is 1.94 bits per heavy atom. The number of hydrogen-bond acceptors (Lipinski definition) is 2. The predicted octanol–water partition coefficient (Wildman–Crippen LogP) is 2.89. The van der Waals surface area contributed by atoms with Crippen molar-refractivity contribution < 1.29 is 4.79 Å². The van der Waals surface area contributed by atoms with Gasteiger partial charge in [-0.2, -0.15) is 0 Å². The first-order chi connectivity index (χ1) is 7.90. The molecule has 0 aliphatic carbocycles. The van der Waals surface area contributed by atoms with Crippen molar-refractivity contribution >= 4 is 18.0 Å². The molecule has 2 rings (SSSR count). The number of anilines is 1. The Hall–Kier alpha value is -1.57. The molecule has 0 amide bonds. The first-order valence-electron chi connectivity index (χ1n) is 5.87. The minimum absolute atomic E-state index is 0.813. The molecule has 0 N–H and O–H groups in total. The minimum Gasteiger partial charge on any atom is -0.372 e. The van der Waals surface area contributed by atoms with Crippen LogP contribution in [0.3, 0.4) is 0 Å². The van der Waals surface area contributed by atoms with Crippen molar-refractivity contribution in [3.05, 3.63) is 35.9 Å². The molecule has 1 heterocycles. The molecule has 1 aromatic rings. The number of carbonyl (C=O) groups is 1. The lowest BCUT2D eigenvalue weighted by atomic mass is 10.1. The first kappa shape index (κ1) is 10.9. The summed E-state index contributed by atoms with van der Waals surface area (Å²) in [6.45, 7) is 2.31. The second kappa shape index (κ2) is 5.50. The van der Waals surface area contributed by atoms with Crippen LogP contribution in [-0.4, -0.2) is 19.4 Å². The van der Waals surface area contributed by atoms with Gasteiger partial charge in [-0.1, -0.05) is 18.2 Å². The molecule has 1 saturated heterocycles. The monoisotopic (exact) mass is 215 g/mol. The van der Waals surface area contributed by atoms with Crippen LogP contribution in [0.2, 0.25) is 0 Å². The van der Waals surface area contributed by atoms with Gasteiger partial charge in [0, 0.05) is 18.8 Å². The molecule has 2 nitrogen and oxygen atoms in total. The van der Waals surface area contributed by atoms with E-state index >= 15 is 0 Å². The SMILES string of the molecule is O=CC=Cc1cccc(N2CCCCC2)c1. The van der Waals surface area contributed by atoms with Gasteiger partial charge in [0.05, 0.1) is 0 Å². The van der Waals surface area contributed by atoms with Crippen LogP contribution in [0.1, 0.15) is 24.8 Å². The maximum Gasteiger partial charge on any atom is 0.142 e. The fourth-order valence-electron chi connectivity index (χ4n) is 2.13. The minimum atomic E-state index is 0.813. The number of hydrogen-bond donors (Lipinski definition) is 0. The highest BCUT2D eigenvalue weighted by Gasteiger charge is 2.10. The van der Waals surface area contributed by atoms with E-state index in [-0.39, 0.29) is 0 Å². The molecular weight excluding hydrogens is 198 g/mol. The lowest BCUT2D eigenvalue weighted by Gasteiger charge is -2.29. The third-order valence-corrected chi connectivity index (χ3v) is 2.96. The van der Waals surface area contributed by atoms with E-state index in [1.54, 1.807) is 0 Å². The topological polar surface area (TPSA) is 20.3 Å². The van der Waals surface area contributed by atoms with Crippen molar-refractivity contribution in [1.82, 2.24) is 0 Å². The largest absolute Gasteiger partial charge is 0.372 e. The summed E-state index contributed by atoms with van der Waals surface area (Å²) in [6.07, 6.45) is 8.12. The van der Waals surface area contributed by atoms with Gasteiger partial charge in [0.25, 0.3) is 0 Å². The van der Waals surface area contributed by atoms with Crippen LogP contribution in [0, 0.1) is 0 Å². The van der Waals surface area contributed by atoms with Gasteiger partial charge < -0.3 is 4.90 Å². The normalized spacial score (nSPS) is 16.6. The molecule has 0 bridgehead atoms. The zero-order valence-corrected chi connectivity index (χ0v) is 9.43.